The molecule has 1 aromatic carbocycles. The molecule has 1 rings (SSSR count). The minimum absolute atomic E-state index is 0.0643. The van der Waals surface area contributed by atoms with Crippen LogP contribution in [-0.2, 0) is 6.42 Å². The van der Waals surface area contributed by atoms with Crippen molar-refractivity contribution in [1.29, 1.82) is 0 Å². The van der Waals surface area contributed by atoms with Crippen LogP contribution in [0, 0.1) is 11.2 Å². The topological polar surface area (TPSA) is 12.0 Å². The van der Waals surface area contributed by atoms with E-state index in [1.165, 1.54) is 6.07 Å². The van der Waals surface area contributed by atoms with Gasteiger partial charge in [-0.1, -0.05) is 38.4 Å². The molecule has 0 bridgehead atoms. The Hall–Kier alpha value is -0.600. The quantitative estimate of drug-likeness (QED) is 0.757. The Kier molecular flexibility index (Phi) is 6.28. The largest absolute Gasteiger partial charge is 0.314 e. The summed E-state index contributed by atoms with van der Waals surface area (Å²) in [7, 11) is 0. The van der Waals surface area contributed by atoms with Gasteiger partial charge in [0.1, 0.15) is 5.82 Å². The van der Waals surface area contributed by atoms with Crippen molar-refractivity contribution in [3.05, 3.63) is 34.6 Å². The number of hydrogen-bond donors (Lipinski definition) is 1. The Morgan fingerprint density at radius 3 is 2.63 bits per heavy atom. The summed E-state index contributed by atoms with van der Waals surface area (Å²) in [5.74, 6) is -0.199. The molecule has 19 heavy (non-hydrogen) atoms. The molecule has 0 amide bonds. The van der Waals surface area contributed by atoms with Crippen LogP contribution in [0.25, 0.3) is 0 Å². The van der Waals surface area contributed by atoms with Crippen molar-refractivity contribution < 1.29 is 4.39 Å². The SMILES string of the molecule is CCCNC(C)CC(C)(C)Cc1ccc(Cl)cc1F. The zero-order chi connectivity index (χ0) is 14.5. The maximum atomic E-state index is 13.8. The highest BCUT2D eigenvalue weighted by molar-refractivity contribution is 6.30. The molecular formula is C16H25ClFN. The van der Waals surface area contributed by atoms with Crippen molar-refractivity contribution in [2.24, 2.45) is 5.41 Å². The first-order valence-corrected chi connectivity index (χ1v) is 7.39. The summed E-state index contributed by atoms with van der Waals surface area (Å²) >= 11 is 5.78. The van der Waals surface area contributed by atoms with Gasteiger partial charge in [-0.2, -0.15) is 0 Å². The van der Waals surface area contributed by atoms with E-state index in [9.17, 15) is 4.39 Å². The molecule has 1 N–H and O–H groups in total. The molecule has 108 valence electrons. The normalized spacial score (nSPS) is 13.6. The van der Waals surface area contributed by atoms with E-state index in [1.807, 2.05) is 0 Å². The van der Waals surface area contributed by atoms with Crippen LogP contribution >= 0.6 is 11.6 Å². The predicted molar refractivity (Wildman–Crippen MR) is 81.3 cm³/mol. The summed E-state index contributed by atoms with van der Waals surface area (Å²) in [6, 6.07) is 5.40. The summed E-state index contributed by atoms with van der Waals surface area (Å²) < 4.78 is 13.8. The molecule has 0 saturated carbocycles. The summed E-state index contributed by atoms with van der Waals surface area (Å²) in [5.41, 5.74) is 0.812. The maximum Gasteiger partial charge on any atom is 0.127 e. The molecule has 0 radical (unpaired) electrons. The molecule has 1 unspecified atom stereocenters. The summed E-state index contributed by atoms with van der Waals surface area (Å²) in [4.78, 5) is 0. The number of halogens is 2. The second-order valence-electron chi connectivity index (χ2n) is 6.14. The average Bonchev–Trinajstić information content (AvgIpc) is 2.29. The lowest BCUT2D eigenvalue weighted by Gasteiger charge is -2.29. The van der Waals surface area contributed by atoms with Crippen molar-refractivity contribution in [2.75, 3.05) is 6.54 Å². The van der Waals surface area contributed by atoms with Crippen molar-refractivity contribution in [2.45, 2.75) is 53.0 Å². The van der Waals surface area contributed by atoms with Crippen molar-refractivity contribution in [3.63, 3.8) is 0 Å². The van der Waals surface area contributed by atoms with Gasteiger partial charge in [0.2, 0.25) is 0 Å². The van der Waals surface area contributed by atoms with Crippen molar-refractivity contribution >= 4 is 11.6 Å². The van der Waals surface area contributed by atoms with Crippen molar-refractivity contribution in [3.8, 4) is 0 Å². The van der Waals surface area contributed by atoms with Gasteiger partial charge in [0.05, 0.1) is 0 Å². The smallest absolute Gasteiger partial charge is 0.127 e. The van der Waals surface area contributed by atoms with E-state index in [2.05, 4.69) is 33.0 Å². The van der Waals surface area contributed by atoms with Gasteiger partial charge in [0.25, 0.3) is 0 Å². The van der Waals surface area contributed by atoms with Gasteiger partial charge in [-0.05, 0) is 55.8 Å². The lowest BCUT2D eigenvalue weighted by Crippen LogP contribution is -2.32. The fraction of sp³-hybridized carbons (Fsp3) is 0.625. The van der Waals surface area contributed by atoms with Crippen LogP contribution in [-0.4, -0.2) is 12.6 Å². The molecular weight excluding hydrogens is 261 g/mol. The molecule has 0 spiro atoms. The molecule has 0 fully saturated rings. The minimum atomic E-state index is -0.199. The van der Waals surface area contributed by atoms with Gasteiger partial charge in [0, 0.05) is 11.1 Å². The van der Waals surface area contributed by atoms with Crippen LogP contribution < -0.4 is 5.32 Å². The van der Waals surface area contributed by atoms with E-state index in [4.69, 9.17) is 11.6 Å². The maximum absolute atomic E-state index is 13.8. The second-order valence-corrected chi connectivity index (χ2v) is 6.57. The molecule has 0 saturated heterocycles. The van der Waals surface area contributed by atoms with Crippen LogP contribution in [0.3, 0.4) is 0 Å². The molecule has 0 aliphatic carbocycles. The number of rotatable bonds is 7. The van der Waals surface area contributed by atoms with Crippen LogP contribution in [0.5, 0.6) is 0 Å². The zero-order valence-electron chi connectivity index (χ0n) is 12.4. The Morgan fingerprint density at radius 1 is 1.37 bits per heavy atom. The highest BCUT2D eigenvalue weighted by Crippen LogP contribution is 2.29. The molecule has 0 heterocycles. The Bertz CT molecular complexity index is 404. The number of hydrogen-bond acceptors (Lipinski definition) is 1. The third-order valence-electron chi connectivity index (χ3n) is 3.29. The lowest BCUT2D eigenvalue weighted by molar-refractivity contribution is 0.284. The van der Waals surface area contributed by atoms with E-state index < -0.39 is 0 Å². The number of benzene rings is 1. The highest BCUT2D eigenvalue weighted by atomic mass is 35.5. The van der Waals surface area contributed by atoms with Crippen LogP contribution in [0.15, 0.2) is 18.2 Å². The van der Waals surface area contributed by atoms with Gasteiger partial charge in [-0.3, -0.25) is 0 Å². The molecule has 1 atom stereocenters. The van der Waals surface area contributed by atoms with Gasteiger partial charge >= 0.3 is 0 Å². The van der Waals surface area contributed by atoms with E-state index in [-0.39, 0.29) is 11.2 Å². The fourth-order valence-corrected chi connectivity index (χ4v) is 2.70. The Balaban J connectivity index is 2.62. The first kappa shape index (κ1) is 16.5. The van der Waals surface area contributed by atoms with Crippen LogP contribution in [0.2, 0.25) is 5.02 Å². The van der Waals surface area contributed by atoms with E-state index in [1.54, 1.807) is 12.1 Å². The average molecular weight is 286 g/mol. The van der Waals surface area contributed by atoms with Crippen molar-refractivity contribution in [1.82, 2.24) is 5.32 Å². The van der Waals surface area contributed by atoms with Crippen LogP contribution in [0.1, 0.15) is 46.1 Å². The zero-order valence-corrected chi connectivity index (χ0v) is 13.1. The lowest BCUT2D eigenvalue weighted by atomic mass is 9.80. The third-order valence-corrected chi connectivity index (χ3v) is 3.52. The van der Waals surface area contributed by atoms with E-state index >= 15 is 0 Å². The van der Waals surface area contributed by atoms with Gasteiger partial charge < -0.3 is 5.32 Å². The first-order chi connectivity index (χ1) is 8.84. The van der Waals surface area contributed by atoms with Gasteiger partial charge in [0.15, 0.2) is 0 Å². The molecule has 3 heteroatoms. The first-order valence-electron chi connectivity index (χ1n) is 7.01. The molecule has 1 aromatic rings. The summed E-state index contributed by atoms with van der Waals surface area (Å²) in [5, 5.41) is 3.94. The van der Waals surface area contributed by atoms with Crippen LogP contribution in [0.4, 0.5) is 4.39 Å². The Labute approximate surface area is 121 Å². The predicted octanol–water partition coefficient (Wildman–Crippen LogP) is 4.83. The Morgan fingerprint density at radius 2 is 2.05 bits per heavy atom. The molecule has 0 aliphatic heterocycles. The highest BCUT2D eigenvalue weighted by Gasteiger charge is 2.22. The fourth-order valence-electron chi connectivity index (χ4n) is 2.54. The van der Waals surface area contributed by atoms with Gasteiger partial charge in [-0.25, -0.2) is 4.39 Å². The summed E-state index contributed by atoms with van der Waals surface area (Å²) in [6.45, 7) is 9.76. The molecule has 0 aromatic heterocycles. The monoisotopic (exact) mass is 285 g/mol. The minimum Gasteiger partial charge on any atom is -0.314 e. The molecule has 0 aliphatic rings. The molecule has 1 nitrogen and oxygen atoms in total. The van der Waals surface area contributed by atoms with Gasteiger partial charge in [-0.15, -0.1) is 0 Å². The number of nitrogens with one attached hydrogen (secondary N) is 1. The summed E-state index contributed by atoms with van der Waals surface area (Å²) in [6.07, 6.45) is 2.89. The standard InChI is InChI=1S/C16H25ClFN/c1-5-8-19-12(2)10-16(3,4)11-13-6-7-14(17)9-15(13)18/h6-7,9,12,19H,5,8,10-11H2,1-4H3. The third kappa shape index (κ3) is 5.92. The second kappa shape index (κ2) is 7.25. The van der Waals surface area contributed by atoms with E-state index in [0.717, 1.165) is 31.4 Å². The van der Waals surface area contributed by atoms with E-state index in [0.29, 0.717) is 11.1 Å².